The molecule has 2 aromatic carbocycles. The Bertz CT molecular complexity index is 883. The molecule has 4 nitrogen and oxygen atoms in total. The second kappa shape index (κ2) is 6.94. The van der Waals surface area contributed by atoms with Crippen LogP contribution in [0.2, 0.25) is 0 Å². The molecule has 1 aliphatic rings. The topological polar surface area (TPSA) is 41.1 Å². The molecule has 134 valence electrons. The lowest BCUT2D eigenvalue weighted by atomic mass is 9.94. The van der Waals surface area contributed by atoms with Crippen molar-refractivity contribution in [1.29, 1.82) is 0 Å². The third-order valence-corrected chi connectivity index (χ3v) is 5.16. The maximum Gasteiger partial charge on any atom is 0.227 e. The molecule has 1 fully saturated rings. The van der Waals surface area contributed by atoms with Gasteiger partial charge in [0.2, 0.25) is 5.95 Å². The summed E-state index contributed by atoms with van der Waals surface area (Å²) in [5, 5.41) is 4.75. The van der Waals surface area contributed by atoms with Crippen molar-refractivity contribution in [3.63, 3.8) is 0 Å². The molecule has 3 aromatic rings. The number of hydrogen-bond acceptors (Lipinski definition) is 4. The summed E-state index contributed by atoms with van der Waals surface area (Å²) in [5.74, 6) is 1.75. The normalized spacial score (nSPS) is 15.2. The predicted molar refractivity (Wildman–Crippen MR) is 109 cm³/mol. The Balaban J connectivity index is 1.75. The summed E-state index contributed by atoms with van der Waals surface area (Å²) in [6.07, 6.45) is 3.74. The molecule has 0 aliphatic carbocycles. The lowest BCUT2D eigenvalue weighted by molar-refractivity contribution is 0.567. The van der Waals surface area contributed by atoms with Gasteiger partial charge in [-0.25, -0.2) is 4.98 Å². The molecule has 1 N–H and O–H groups in total. The van der Waals surface area contributed by atoms with E-state index in [1.165, 1.54) is 24.8 Å². The van der Waals surface area contributed by atoms with Crippen LogP contribution in [0.4, 0.5) is 11.8 Å². The van der Waals surface area contributed by atoms with E-state index in [-0.39, 0.29) is 5.54 Å². The van der Waals surface area contributed by atoms with Crippen LogP contribution in [0.3, 0.4) is 0 Å². The minimum Gasteiger partial charge on any atom is -0.360 e. The zero-order valence-electron chi connectivity index (χ0n) is 15.6. The van der Waals surface area contributed by atoms with Crippen LogP contribution in [-0.2, 0) is 5.54 Å². The monoisotopic (exact) mass is 346 g/mol. The average molecular weight is 346 g/mol. The van der Waals surface area contributed by atoms with Crippen LogP contribution in [-0.4, -0.2) is 23.1 Å². The Hall–Kier alpha value is -2.62. The molecule has 0 radical (unpaired) electrons. The molecule has 4 rings (SSSR count). The van der Waals surface area contributed by atoms with Crippen molar-refractivity contribution in [2.75, 3.05) is 23.3 Å². The van der Waals surface area contributed by atoms with E-state index >= 15 is 0 Å². The highest BCUT2D eigenvalue weighted by atomic mass is 15.3. The zero-order chi connectivity index (χ0) is 18.0. The molecule has 1 saturated heterocycles. The van der Waals surface area contributed by atoms with E-state index < -0.39 is 0 Å². The summed E-state index contributed by atoms with van der Waals surface area (Å²) in [5.41, 5.74) is 2.01. The highest BCUT2D eigenvalue weighted by Gasteiger charge is 2.23. The van der Waals surface area contributed by atoms with Crippen molar-refractivity contribution in [2.24, 2.45) is 0 Å². The summed E-state index contributed by atoms with van der Waals surface area (Å²) >= 11 is 0. The van der Waals surface area contributed by atoms with Crippen molar-refractivity contribution in [2.45, 2.75) is 38.6 Å². The molecule has 0 bridgehead atoms. The SMILES string of the molecule is CC(C)(Nc1nc(N2CCCCC2)nc2ccccc12)c1ccccc1. The van der Waals surface area contributed by atoms with Gasteiger partial charge in [0.15, 0.2) is 0 Å². The first-order valence-electron chi connectivity index (χ1n) is 9.49. The molecule has 1 aliphatic heterocycles. The van der Waals surface area contributed by atoms with Gasteiger partial charge in [0.05, 0.1) is 11.1 Å². The molecule has 0 unspecified atom stereocenters. The molecule has 0 atom stereocenters. The van der Waals surface area contributed by atoms with Gasteiger partial charge >= 0.3 is 0 Å². The van der Waals surface area contributed by atoms with Gasteiger partial charge in [-0.1, -0.05) is 42.5 Å². The number of nitrogens with one attached hydrogen (secondary N) is 1. The Morgan fingerprint density at radius 2 is 1.54 bits per heavy atom. The molecular weight excluding hydrogens is 320 g/mol. The quantitative estimate of drug-likeness (QED) is 0.724. The van der Waals surface area contributed by atoms with E-state index in [4.69, 9.17) is 9.97 Å². The number of para-hydroxylation sites is 1. The number of benzene rings is 2. The Kier molecular flexibility index (Phi) is 4.49. The van der Waals surface area contributed by atoms with Crippen molar-refractivity contribution in [3.05, 3.63) is 60.2 Å². The number of fused-ring (bicyclic) bond motifs is 1. The second-order valence-electron chi connectivity index (χ2n) is 7.55. The van der Waals surface area contributed by atoms with E-state index in [1.54, 1.807) is 0 Å². The van der Waals surface area contributed by atoms with Crippen LogP contribution in [0.5, 0.6) is 0 Å². The Labute approximate surface area is 155 Å². The van der Waals surface area contributed by atoms with Crippen LogP contribution in [0.1, 0.15) is 38.7 Å². The number of hydrogen-bond donors (Lipinski definition) is 1. The van der Waals surface area contributed by atoms with E-state index in [0.29, 0.717) is 0 Å². The van der Waals surface area contributed by atoms with Crippen LogP contribution < -0.4 is 10.2 Å². The number of aromatic nitrogens is 2. The zero-order valence-corrected chi connectivity index (χ0v) is 15.6. The largest absolute Gasteiger partial charge is 0.360 e. The van der Waals surface area contributed by atoms with E-state index in [1.807, 2.05) is 18.2 Å². The Morgan fingerprint density at radius 3 is 2.31 bits per heavy atom. The van der Waals surface area contributed by atoms with Crippen molar-refractivity contribution in [3.8, 4) is 0 Å². The number of rotatable bonds is 4. The summed E-state index contributed by atoms with van der Waals surface area (Å²) in [7, 11) is 0. The molecule has 2 heterocycles. The molecular formula is C22H26N4. The first kappa shape index (κ1) is 16.8. The fourth-order valence-electron chi connectivity index (χ4n) is 3.62. The minimum atomic E-state index is -0.225. The van der Waals surface area contributed by atoms with Crippen molar-refractivity contribution >= 4 is 22.7 Å². The Morgan fingerprint density at radius 1 is 0.846 bits per heavy atom. The highest BCUT2D eigenvalue weighted by Crippen LogP contribution is 2.30. The van der Waals surface area contributed by atoms with Gasteiger partial charge in [0.1, 0.15) is 5.82 Å². The van der Waals surface area contributed by atoms with E-state index in [0.717, 1.165) is 35.8 Å². The van der Waals surface area contributed by atoms with E-state index in [9.17, 15) is 0 Å². The first-order chi connectivity index (χ1) is 12.6. The third-order valence-electron chi connectivity index (χ3n) is 5.16. The second-order valence-corrected chi connectivity index (χ2v) is 7.55. The van der Waals surface area contributed by atoms with Crippen molar-refractivity contribution < 1.29 is 0 Å². The average Bonchev–Trinajstić information content (AvgIpc) is 2.69. The third kappa shape index (κ3) is 3.36. The molecule has 1 aromatic heterocycles. The molecule has 0 spiro atoms. The van der Waals surface area contributed by atoms with Gasteiger partial charge in [0.25, 0.3) is 0 Å². The number of anilines is 2. The van der Waals surface area contributed by atoms with Crippen LogP contribution in [0, 0.1) is 0 Å². The van der Waals surface area contributed by atoms with E-state index in [2.05, 4.69) is 60.5 Å². The standard InChI is InChI=1S/C22H26N4/c1-22(2,17-11-5-3-6-12-17)25-20-18-13-7-8-14-19(18)23-21(24-20)26-15-9-4-10-16-26/h3,5-8,11-14H,4,9-10,15-16H2,1-2H3,(H,23,24,25). The predicted octanol–water partition coefficient (Wildman–Crippen LogP) is 4.97. The fraction of sp³-hybridized carbons (Fsp3) is 0.364. The number of nitrogens with zero attached hydrogens (tertiary/aromatic N) is 3. The van der Waals surface area contributed by atoms with Gasteiger partial charge in [-0.05, 0) is 50.8 Å². The summed E-state index contributed by atoms with van der Waals surface area (Å²) < 4.78 is 0. The maximum absolute atomic E-state index is 4.94. The summed E-state index contributed by atoms with van der Waals surface area (Å²) in [4.78, 5) is 12.1. The minimum absolute atomic E-state index is 0.225. The molecule has 0 amide bonds. The summed E-state index contributed by atoms with van der Waals surface area (Å²) in [6, 6.07) is 18.8. The van der Waals surface area contributed by atoms with Gasteiger partial charge < -0.3 is 10.2 Å². The van der Waals surface area contributed by atoms with Crippen LogP contribution in [0.25, 0.3) is 10.9 Å². The van der Waals surface area contributed by atoms with Crippen molar-refractivity contribution in [1.82, 2.24) is 9.97 Å². The maximum atomic E-state index is 4.94. The molecule has 0 saturated carbocycles. The first-order valence-corrected chi connectivity index (χ1v) is 9.49. The van der Waals surface area contributed by atoms with Crippen LogP contribution >= 0.6 is 0 Å². The van der Waals surface area contributed by atoms with Gasteiger partial charge in [-0.2, -0.15) is 4.98 Å². The highest BCUT2D eigenvalue weighted by molar-refractivity contribution is 5.90. The van der Waals surface area contributed by atoms with Crippen LogP contribution in [0.15, 0.2) is 54.6 Å². The lowest BCUT2D eigenvalue weighted by Crippen LogP contribution is -2.32. The summed E-state index contributed by atoms with van der Waals surface area (Å²) in [6.45, 7) is 6.47. The lowest BCUT2D eigenvalue weighted by Gasteiger charge is -2.30. The smallest absolute Gasteiger partial charge is 0.227 e. The van der Waals surface area contributed by atoms with Gasteiger partial charge in [0, 0.05) is 18.5 Å². The van der Waals surface area contributed by atoms with Gasteiger partial charge in [-0.15, -0.1) is 0 Å². The molecule has 26 heavy (non-hydrogen) atoms. The number of piperidine rings is 1. The fourth-order valence-corrected chi connectivity index (χ4v) is 3.62. The van der Waals surface area contributed by atoms with Gasteiger partial charge in [-0.3, -0.25) is 0 Å². The molecule has 4 heteroatoms.